The normalized spacial score (nSPS) is 10.4. The first-order valence-electron chi connectivity index (χ1n) is 24.6. The van der Waals surface area contributed by atoms with Gasteiger partial charge < -0.3 is 34.8 Å². The first-order valence-corrected chi connectivity index (χ1v) is 26.1. The first kappa shape index (κ1) is 56.3. The second-order valence-corrected chi connectivity index (χ2v) is 18.6. The smallest absolute Gasteiger partial charge is 0.492 e. The van der Waals surface area contributed by atoms with Gasteiger partial charge in [-0.05, 0) is 153 Å². The average Bonchev–Trinajstić information content (AvgIpc) is 3.51. The molecule has 16 heteroatoms. The molecule has 0 amide bonds. The van der Waals surface area contributed by atoms with Crippen LogP contribution in [-0.4, -0.2) is 76.6 Å². The zero-order valence-corrected chi connectivity index (χ0v) is 45.9. The van der Waals surface area contributed by atoms with E-state index in [-0.39, 0.29) is 19.5 Å². The first-order chi connectivity index (χ1) is 38.5. The number of ether oxygens (including phenoxy) is 2. The predicted octanol–water partition coefficient (Wildman–Crippen LogP) is 13.2. The van der Waals surface area contributed by atoms with Crippen molar-refractivity contribution in [2.24, 2.45) is 0 Å². The number of nitrogens with zero attached hydrogens (tertiary/aromatic N) is 6. The number of aromatic hydroxyl groups is 2. The molecular weight excluding hydrogens is 1120 g/mol. The van der Waals surface area contributed by atoms with Crippen LogP contribution in [-0.2, 0) is 6.61 Å². The number of aliphatic hydroxyl groups excluding tert-OH is 1. The summed E-state index contributed by atoms with van der Waals surface area (Å²) in [7, 11) is 1.68. The van der Waals surface area contributed by atoms with Crippen molar-refractivity contribution in [3.05, 3.63) is 245 Å². The van der Waals surface area contributed by atoms with Crippen LogP contribution in [0.25, 0.3) is 79.2 Å². The zero-order chi connectivity index (χ0) is 55.5. The van der Waals surface area contributed by atoms with E-state index in [0.717, 1.165) is 65.8 Å². The van der Waals surface area contributed by atoms with Gasteiger partial charge in [0.1, 0.15) is 32.2 Å². The lowest BCUT2D eigenvalue weighted by Crippen LogP contribution is -2.30. The Morgan fingerprint density at radius 3 is 1.06 bits per heavy atom. The van der Waals surface area contributed by atoms with Crippen LogP contribution in [0.4, 0.5) is 0 Å². The minimum Gasteiger partial charge on any atom is -0.507 e. The average molecular weight is 1180 g/mol. The number of phenolic OH excluding ortho intramolecular Hbond substituents is 2. The van der Waals surface area contributed by atoms with E-state index in [0.29, 0.717) is 45.1 Å². The second-order valence-electron chi connectivity index (χ2n) is 17.0. The number of pyridine rings is 6. The van der Waals surface area contributed by atoms with Gasteiger partial charge in [0.15, 0.2) is 0 Å². The van der Waals surface area contributed by atoms with Crippen LogP contribution in [0.1, 0.15) is 6.99 Å². The molecule has 0 unspecified atom stereocenters. The van der Waals surface area contributed by atoms with E-state index >= 15 is 0 Å². The number of aromatic nitrogens is 6. The van der Waals surface area contributed by atoms with Crippen molar-refractivity contribution in [1.29, 1.82) is 0 Å². The number of hydrogen-bond acceptors (Lipinski definition) is 13. The number of aliphatic hydroxyl groups is 1. The molecule has 6 heterocycles. The fourth-order valence-corrected chi connectivity index (χ4v) is 8.72. The van der Waals surface area contributed by atoms with Crippen molar-refractivity contribution in [1.82, 2.24) is 29.9 Å². The van der Waals surface area contributed by atoms with Gasteiger partial charge in [0.2, 0.25) is 0 Å². The van der Waals surface area contributed by atoms with Crippen molar-refractivity contribution >= 4 is 44.4 Å². The summed E-state index contributed by atoms with van der Waals surface area (Å²) in [5, 5.41) is 47.4. The van der Waals surface area contributed by atoms with E-state index in [1.807, 2.05) is 182 Å². The van der Waals surface area contributed by atoms with E-state index in [4.69, 9.17) is 29.5 Å². The molecule has 79 heavy (non-hydrogen) atoms. The number of hydrogen-bond donors (Lipinski definition) is 5. The number of benzene rings is 5. The topological polar surface area (TPSA) is 197 Å². The van der Waals surface area contributed by atoms with Crippen molar-refractivity contribution < 1.29 is 36.3 Å². The summed E-state index contributed by atoms with van der Waals surface area (Å²) in [6.45, 7) is -0.0242. The number of rotatable bonds is 11. The van der Waals surface area contributed by atoms with E-state index in [2.05, 4.69) is 51.8 Å². The van der Waals surface area contributed by atoms with Gasteiger partial charge in [0, 0.05) is 29.1 Å². The highest BCUT2D eigenvalue weighted by atomic mass is 79.9. The highest BCUT2D eigenvalue weighted by Crippen LogP contribution is 2.33. The number of phenols is 2. The van der Waals surface area contributed by atoms with Crippen molar-refractivity contribution in [2.45, 2.75) is 6.61 Å². The molecule has 0 bridgehead atoms. The molecule has 0 aliphatic carbocycles. The summed E-state index contributed by atoms with van der Waals surface area (Å²) >= 11 is 6.65. The van der Waals surface area contributed by atoms with Crippen LogP contribution in [0.2, 0.25) is 0 Å². The monoisotopic (exact) mass is 1180 g/mol. The summed E-state index contributed by atoms with van der Waals surface area (Å²) in [6, 6.07) is 71.0. The number of halogens is 2. The van der Waals surface area contributed by atoms with E-state index < -0.39 is 7.12 Å². The van der Waals surface area contributed by atoms with Crippen LogP contribution in [0.5, 0.6) is 23.0 Å². The minimum atomic E-state index is -1.47. The molecule has 0 spiro atoms. The quantitative estimate of drug-likeness (QED) is 0.0606. The van der Waals surface area contributed by atoms with E-state index in [9.17, 15) is 15.3 Å². The summed E-state index contributed by atoms with van der Waals surface area (Å²) in [6.07, 6.45) is 0. The Balaban J connectivity index is 0.000000163. The highest BCUT2D eigenvalue weighted by molar-refractivity contribution is 9.10. The van der Waals surface area contributed by atoms with E-state index in [1.165, 1.54) is 7.11 Å². The van der Waals surface area contributed by atoms with Crippen LogP contribution in [0.3, 0.4) is 0 Å². The summed E-state index contributed by atoms with van der Waals surface area (Å²) in [4.78, 5) is 27.5. The third-order valence-corrected chi connectivity index (χ3v) is 12.7. The molecule has 5 N–H and O–H groups in total. The largest absolute Gasteiger partial charge is 0.507 e. The molecule has 5 aromatic carbocycles. The lowest BCUT2D eigenvalue weighted by Gasteiger charge is -2.10. The van der Waals surface area contributed by atoms with Crippen molar-refractivity contribution in [2.75, 3.05) is 14.2 Å². The van der Waals surface area contributed by atoms with Gasteiger partial charge >= 0.3 is 7.12 Å². The van der Waals surface area contributed by atoms with Crippen LogP contribution < -0.4 is 14.9 Å². The van der Waals surface area contributed by atoms with Crippen LogP contribution in [0, 0.1) is 0 Å². The fourth-order valence-electron chi connectivity index (χ4n) is 8.04. The molecule has 11 rings (SSSR count). The van der Waals surface area contributed by atoms with Crippen molar-refractivity contribution in [3.63, 3.8) is 0 Å². The summed E-state index contributed by atoms with van der Waals surface area (Å²) < 4.78 is 12.0. The van der Waals surface area contributed by atoms with Gasteiger partial charge in [-0.15, -0.1) is 0 Å². The molecule has 0 atom stereocenters. The standard InChI is InChI=1S/C24H20N2O2.C22H16N2O2.C10H6Br2N2.C7H9BO3.H2/c1-28-24-15-5-4-10-19(24)21-12-7-14-23(26-21)22-13-6-11-20(25-22)18-9-3-2-8-17(18)16-27;25-21-13-3-1-7-15(21)17-9-5-11-19(23-17)20-12-6-10-18(24-20)16-8-2-4-14-22(16)26;11-9-5-1-3-7(13-9)8-4-2-6-10(12)14-8;1-11-7-5-3-2-4-6(7)8(9)10;/h2-15,27H,16H2,1H3;1-14,25-26H;1-6H;2-5,9-10H,1H3;1H/i;;;;1+1. The maximum absolute atomic E-state index is 10.1. The third kappa shape index (κ3) is 15.0. The van der Waals surface area contributed by atoms with Crippen LogP contribution >= 0.6 is 31.9 Å². The van der Waals surface area contributed by atoms with Gasteiger partial charge in [-0.2, -0.15) is 0 Å². The Kier molecular flexibility index (Phi) is 19.9. The molecule has 13 nitrogen and oxygen atoms in total. The Labute approximate surface area is 476 Å². The molecule has 0 radical (unpaired) electrons. The van der Waals surface area contributed by atoms with Gasteiger partial charge in [-0.25, -0.2) is 29.9 Å². The summed E-state index contributed by atoms with van der Waals surface area (Å²) in [5.41, 5.74) is 12.1. The molecule has 0 saturated heterocycles. The molecule has 394 valence electrons. The molecular formula is C63H53BBr2N6O7. The molecule has 11 aromatic rings. The molecule has 0 saturated carbocycles. The SMILES string of the molecule is Brc1cccc(-c2cccc(Br)n2)n1.COc1ccccc1-c1cccc(-c2cccc(-c3ccccc3CO)n2)n1.COc1ccccc1B(O)O.Oc1ccccc1-c1cccc(-c2cccc(-c3ccccc3O)n2)n1.[2HH]. The predicted molar refractivity (Wildman–Crippen MR) is 320 cm³/mol. The fraction of sp³-hybridized carbons (Fsp3) is 0.0476. The maximum atomic E-state index is 10.1. The van der Waals surface area contributed by atoms with Gasteiger partial charge in [-0.1, -0.05) is 115 Å². The lowest BCUT2D eigenvalue weighted by molar-refractivity contribution is 0.282. The number of methoxy groups -OCH3 is 2. The number of para-hydroxylation sites is 4. The van der Waals surface area contributed by atoms with Crippen LogP contribution in [0.15, 0.2) is 240 Å². The van der Waals surface area contributed by atoms with Gasteiger partial charge in [-0.3, -0.25) is 0 Å². The minimum absolute atomic E-state index is 0. The lowest BCUT2D eigenvalue weighted by atomic mass is 9.80. The summed E-state index contributed by atoms with van der Waals surface area (Å²) in [5.74, 6) is 1.65. The maximum Gasteiger partial charge on any atom is 0.492 e. The molecule has 0 aliphatic rings. The van der Waals surface area contributed by atoms with E-state index in [1.54, 1.807) is 55.6 Å². The Morgan fingerprint density at radius 1 is 0.354 bits per heavy atom. The van der Waals surface area contributed by atoms with Crippen molar-refractivity contribution in [3.8, 4) is 102 Å². The highest BCUT2D eigenvalue weighted by Gasteiger charge is 2.16. The molecule has 0 aliphatic heterocycles. The molecule has 6 aromatic heterocycles. The second kappa shape index (κ2) is 27.9. The third-order valence-electron chi connectivity index (χ3n) is 11.8. The van der Waals surface area contributed by atoms with Gasteiger partial charge in [0.05, 0.1) is 77.8 Å². The van der Waals surface area contributed by atoms with Gasteiger partial charge in [0.25, 0.3) is 0 Å². The Hall–Kier alpha value is -8.90. The Bertz CT molecular complexity index is 3590. The zero-order valence-electron chi connectivity index (χ0n) is 42.7. The Morgan fingerprint density at radius 2 is 0.671 bits per heavy atom. The molecule has 0 fully saturated rings.